The molecule has 0 radical (unpaired) electrons. The van der Waals surface area contributed by atoms with E-state index in [9.17, 15) is 14.0 Å². The van der Waals surface area contributed by atoms with Crippen LogP contribution in [-0.2, 0) is 16.1 Å². The van der Waals surface area contributed by atoms with Gasteiger partial charge < -0.3 is 4.74 Å². The molecule has 3 rings (SSSR count). The van der Waals surface area contributed by atoms with Crippen molar-refractivity contribution in [3.8, 4) is 5.75 Å². The van der Waals surface area contributed by atoms with Gasteiger partial charge in [0.1, 0.15) is 0 Å². The molecule has 1 aliphatic carbocycles. The van der Waals surface area contributed by atoms with Crippen LogP contribution in [0.25, 0.3) is 0 Å². The topological polar surface area (TPSA) is 49.9 Å². The van der Waals surface area contributed by atoms with E-state index in [4.69, 9.17) is 4.74 Å². The second-order valence-corrected chi connectivity index (χ2v) is 6.38. The summed E-state index contributed by atoms with van der Waals surface area (Å²) in [5.41, 5.74) is 0.758. The van der Waals surface area contributed by atoms with Gasteiger partial charge in [-0.25, -0.2) is 4.39 Å². The Morgan fingerprint density at radius 3 is 2.38 bits per heavy atom. The number of carbonyl (C=O) groups excluding carboxylic acids is 2. The number of halogens is 1. The maximum absolute atomic E-state index is 13.8. The highest BCUT2D eigenvalue weighted by Gasteiger charge is 2.47. The van der Waals surface area contributed by atoms with Gasteiger partial charge in [-0.05, 0) is 37.6 Å². The maximum Gasteiger partial charge on any atom is 0.234 e. The van der Waals surface area contributed by atoms with Gasteiger partial charge in [0, 0.05) is 6.54 Å². The van der Waals surface area contributed by atoms with Crippen molar-refractivity contribution in [2.45, 2.75) is 19.4 Å². The minimum absolute atomic E-state index is 0.0953. The minimum atomic E-state index is -0.422. The molecule has 0 unspecified atom stereocenters. The molecule has 0 bridgehead atoms. The summed E-state index contributed by atoms with van der Waals surface area (Å²) in [6.07, 6.45) is 5.22. The van der Waals surface area contributed by atoms with E-state index in [0.717, 1.165) is 5.56 Å². The smallest absolute Gasteiger partial charge is 0.234 e. The third-order valence-electron chi connectivity index (χ3n) is 4.65. The number of methoxy groups -OCH3 is 1. The lowest BCUT2D eigenvalue weighted by atomic mass is 9.85. The number of amides is 2. The molecule has 0 saturated carbocycles. The van der Waals surface area contributed by atoms with Crippen molar-refractivity contribution in [2.24, 2.45) is 11.8 Å². The van der Waals surface area contributed by atoms with Crippen LogP contribution in [0.15, 0.2) is 30.4 Å². The lowest BCUT2D eigenvalue weighted by Crippen LogP contribution is -2.40. The summed E-state index contributed by atoms with van der Waals surface area (Å²) in [5.74, 6) is -0.843. The summed E-state index contributed by atoms with van der Waals surface area (Å²) in [7, 11) is 3.23. The van der Waals surface area contributed by atoms with Crippen LogP contribution >= 0.6 is 0 Å². The first-order chi connectivity index (χ1) is 11.5. The molecule has 2 aliphatic rings. The Balaban J connectivity index is 1.65. The van der Waals surface area contributed by atoms with Gasteiger partial charge in [0.2, 0.25) is 11.8 Å². The average molecular weight is 332 g/mol. The van der Waals surface area contributed by atoms with Crippen LogP contribution in [0.5, 0.6) is 5.75 Å². The summed E-state index contributed by atoms with van der Waals surface area (Å²) >= 11 is 0. The van der Waals surface area contributed by atoms with Gasteiger partial charge in [-0.1, -0.05) is 18.2 Å². The summed E-state index contributed by atoms with van der Waals surface area (Å²) in [4.78, 5) is 28.1. The summed E-state index contributed by atoms with van der Waals surface area (Å²) in [6.45, 7) is 0.657. The van der Waals surface area contributed by atoms with E-state index in [2.05, 4.69) is 0 Å². The van der Waals surface area contributed by atoms with Crippen molar-refractivity contribution < 1.29 is 18.7 Å². The largest absolute Gasteiger partial charge is 0.494 e. The number of nitrogens with zero attached hydrogens (tertiary/aromatic N) is 2. The highest BCUT2D eigenvalue weighted by Crippen LogP contribution is 2.35. The van der Waals surface area contributed by atoms with E-state index in [0.29, 0.717) is 19.4 Å². The fourth-order valence-corrected chi connectivity index (χ4v) is 3.42. The molecule has 2 atom stereocenters. The molecule has 0 aromatic heterocycles. The van der Waals surface area contributed by atoms with Crippen molar-refractivity contribution in [3.05, 3.63) is 41.7 Å². The van der Waals surface area contributed by atoms with Gasteiger partial charge in [0.15, 0.2) is 11.6 Å². The summed E-state index contributed by atoms with van der Waals surface area (Å²) < 4.78 is 18.7. The van der Waals surface area contributed by atoms with E-state index in [1.807, 2.05) is 24.1 Å². The molecule has 128 valence electrons. The molecule has 1 saturated heterocycles. The average Bonchev–Trinajstić information content (AvgIpc) is 2.80. The molecule has 0 spiro atoms. The van der Waals surface area contributed by atoms with E-state index in [1.54, 1.807) is 12.1 Å². The van der Waals surface area contributed by atoms with Crippen LogP contribution in [0.4, 0.5) is 4.39 Å². The van der Waals surface area contributed by atoms with Crippen LogP contribution < -0.4 is 4.74 Å². The number of benzene rings is 1. The van der Waals surface area contributed by atoms with E-state index in [-0.39, 0.29) is 36.1 Å². The van der Waals surface area contributed by atoms with Gasteiger partial charge in [0.25, 0.3) is 0 Å². The standard InChI is InChI=1S/C18H21FN2O3/c1-20(10-12-7-8-16(24-2)15(19)9-12)11-21-17(22)13-5-3-4-6-14(13)18(21)23/h3-4,7-9,13-14H,5-6,10-11H2,1-2H3/t13-,14-/m1/s1. The SMILES string of the molecule is COc1ccc(CN(C)CN2C(=O)[C@@H]3CC=CC[C@H]3C2=O)cc1F. The molecule has 6 heteroatoms. The molecular weight excluding hydrogens is 311 g/mol. The Bertz CT molecular complexity index is 663. The Hall–Kier alpha value is -2.21. The molecular formula is C18H21FN2O3. The number of fused-ring (bicyclic) bond motifs is 1. The predicted octanol–water partition coefficient (Wildman–Crippen LogP) is 2.17. The van der Waals surface area contributed by atoms with E-state index >= 15 is 0 Å². The molecule has 24 heavy (non-hydrogen) atoms. The highest BCUT2D eigenvalue weighted by molar-refractivity contribution is 6.05. The van der Waals surface area contributed by atoms with Gasteiger partial charge in [-0.3, -0.25) is 19.4 Å². The molecule has 1 fully saturated rings. The quantitative estimate of drug-likeness (QED) is 0.612. The van der Waals surface area contributed by atoms with Crippen LogP contribution in [-0.4, -0.2) is 42.4 Å². The lowest BCUT2D eigenvalue weighted by molar-refractivity contribution is -0.142. The number of ether oxygens (including phenoxy) is 1. The zero-order valence-corrected chi connectivity index (χ0v) is 13.9. The van der Waals surface area contributed by atoms with Crippen molar-refractivity contribution in [1.82, 2.24) is 9.80 Å². The maximum atomic E-state index is 13.8. The van der Waals surface area contributed by atoms with E-state index in [1.165, 1.54) is 18.1 Å². The van der Waals surface area contributed by atoms with Gasteiger partial charge in [-0.2, -0.15) is 0 Å². The zero-order valence-electron chi connectivity index (χ0n) is 13.9. The van der Waals surface area contributed by atoms with Crippen molar-refractivity contribution in [1.29, 1.82) is 0 Å². The number of hydrogen-bond donors (Lipinski definition) is 0. The van der Waals surface area contributed by atoms with E-state index < -0.39 is 5.82 Å². The molecule has 1 aromatic carbocycles. The first-order valence-electron chi connectivity index (χ1n) is 8.02. The third-order valence-corrected chi connectivity index (χ3v) is 4.65. The number of hydrogen-bond acceptors (Lipinski definition) is 4. The monoisotopic (exact) mass is 332 g/mol. The Morgan fingerprint density at radius 2 is 1.83 bits per heavy atom. The molecule has 5 nitrogen and oxygen atoms in total. The van der Waals surface area contributed by atoms with Crippen LogP contribution in [0.2, 0.25) is 0 Å². The fourth-order valence-electron chi connectivity index (χ4n) is 3.42. The first-order valence-corrected chi connectivity index (χ1v) is 8.02. The van der Waals surface area contributed by atoms with Crippen LogP contribution in [0.1, 0.15) is 18.4 Å². The zero-order chi connectivity index (χ0) is 17.3. The molecule has 2 amide bonds. The van der Waals surface area contributed by atoms with Crippen molar-refractivity contribution in [2.75, 3.05) is 20.8 Å². The van der Waals surface area contributed by atoms with Gasteiger partial charge in [-0.15, -0.1) is 0 Å². The Morgan fingerprint density at radius 1 is 1.21 bits per heavy atom. The number of likely N-dealkylation sites (tertiary alicyclic amines) is 1. The Labute approximate surface area is 140 Å². The molecule has 1 aromatic rings. The van der Waals surface area contributed by atoms with Crippen LogP contribution in [0.3, 0.4) is 0 Å². The second kappa shape index (κ2) is 6.73. The van der Waals surface area contributed by atoms with Crippen molar-refractivity contribution >= 4 is 11.8 Å². The molecule has 1 heterocycles. The van der Waals surface area contributed by atoms with Crippen LogP contribution in [0, 0.1) is 17.7 Å². The Kier molecular flexibility index (Phi) is 4.66. The van der Waals surface area contributed by atoms with Crippen molar-refractivity contribution in [3.63, 3.8) is 0 Å². The number of allylic oxidation sites excluding steroid dienone is 2. The number of carbonyl (C=O) groups is 2. The second-order valence-electron chi connectivity index (χ2n) is 6.38. The summed E-state index contributed by atoms with van der Waals surface area (Å²) in [6, 6.07) is 4.76. The number of imide groups is 1. The lowest BCUT2D eigenvalue weighted by Gasteiger charge is -2.23. The first kappa shape index (κ1) is 16.6. The predicted molar refractivity (Wildman–Crippen MR) is 86.5 cm³/mol. The number of rotatable bonds is 5. The highest BCUT2D eigenvalue weighted by atomic mass is 19.1. The molecule has 1 aliphatic heterocycles. The normalized spacial score (nSPS) is 23.1. The van der Waals surface area contributed by atoms with Gasteiger partial charge in [0.05, 0.1) is 25.6 Å². The fraction of sp³-hybridized carbons (Fsp3) is 0.444. The summed E-state index contributed by atoms with van der Waals surface area (Å²) in [5, 5.41) is 0. The van der Waals surface area contributed by atoms with Gasteiger partial charge >= 0.3 is 0 Å². The third kappa shape index (κ3) is 3.06. The molecule has 0 N–H and O–H groups in total. The minimum Gasteiger partial charge on any atom is -0.494 e.